The molecule has 0 unspecified atom stereocenters. The summed E-state index contributed by atoms with van der Waals surface area (Å²) >= 11 is 0. The van der Waals surface area contributed by atoms with Gasteiger partial charge in [0.25, 0.3) is 0 Å². The van der Waals surface area contributed by atoms with Crippen LogP contribution in [0.3, 0.4) is 0 Å². The van der Waals surface area contributed by atoms with Gasteiger partial charge in [0.15, 0.2) is 0 Å². The Morgan fingerprint density at radius 1 is 1.46 bits per heavy atom. The lowest BCUT2D eigenvalue weighted by molar-refractivity contribution is -0.154. The molecule has 0 aromatic heterocycles. The number of amides is 1. The molecular formula is C9H15NO3. The topological polar surface area (TPSA) is 55.4 Å². The molecule has 1 amide bonds. The molecule has 0 heterocycles. The van der Waals surface area contributed by atoms with Gasteiger partial charge >= 0.3 is 11.9 Å². The number of ether oxygens (including phenoxy) is 1. The van der Waals surface area contributed by atoms with E-state index in [1.807, 2.05) is 19.1 Å². The Morgan fingerprint density at radius 2 is 2.15 bits per heavy atom. The van der Waals surface area contributed by atoms with Crippen LogP contribution in [0.2, 0.25) is 0 Å². The van der Waals surface area contributed by atoms with Crippen LogP contribution in [0.25, 0.3) is 0 Å². The smallest absolute Gasteiger partial charge is 0.396 e. The zero-order chi connectivity index (χ0) is 10.1. The second-order valence-electron chi connectivity index (χ2n) is 2.33. The van der Waals surface area contributed by atoms with Crippen molar-refractivity contribution in [2.75, 3.05) is 13.2 Å². The van der Waals surface area contributed by atoms with E-state index >= 15 is 0 Å². The lowest BCUT2D eigenvalue weighted by Crippen LogP contribution is -2.32. The van der Waals surface area contributed by atoms with Crippen molar-refractivity contribution in [2.24, 2.45) is 0 Å². The normalized spacial score (nSPS) is 10.0. The maximum Gasteiger partial charge on any atom is 0.396 e. The highest BCUT2D eigenvalue weighted by Gasteiger charge is 2.12. The summed E-state index contributed by atoms with van der Waals surface area (Å²) in [4.78, 5) is 21.6. The highest BCUT2D eigenvalue weighted by atomic mass is 16.5. The Kier molecular flexibility index (Phi) is 6.59. The van der Waals surface area contributed by atoms with Crippen molar-refractivity contribution in [3.05, 3.63) is 12.2 Å². The van der Waals surface area contributed by atoms with Gasteiger partial charge < -0.3 is 10.1 Å². The maximum absolute atomic E-state index is 10.9. The molecule has 0 radical (unpaired) electrons. The van der Waals surface area contributed by atoms with Gasteiger partial charge in [0.05, 0.1) is 6.61 Å². The molecule has 0 saturated carbocycles. The number of carbonyl (C=O) groups excluding carboxylic acids is 2. The zero-order valence-electron chi connectivity index (χ0n) is 8.00. The Hall–Kier alpha value is -1.32. The summed E-state index contributed by atoms with van der Waals surface area (Å²) in [6.45, 7) is 4.24. The molecule has 0 aromatic rings. The van der Waals surface area contributed by atoms with Crippen LogP contribution in [-0.4, -0.2) is 25.0 Å². The average Bonchev–Trinajstić information content (AvgIpc) is 2.12. The molecule has 4 heteroatoms. The van der Waals surface area contributed by atoms with E-state index < -0.39 is 11.9 Å². The summed E-state index contributed by atoms with van der Waals surface area (Å²) in [5.74, 6) is -1.49. The van der Waals surface area contributed by atoms with Gasteiger partial charge in [-0.05, 0) is 20.3 Å². The molecule has 0 aliphatic heterocycles. The lowest BCUT2D eigenvalue weighted by Gasteiger charge is -2.01. The molecule has 0 aromatic carbocycles. The van der Waals surface area contributed by atoms with E-state index in [1.54, 1.807) is 6.92 Å². The van der Waals surface area contributed by atoms with Gasteiger partial charge in [0.1, 0.15) is 0 Å². The van der Waals surface area contributed by atoms with Crippen molar-refractivity contribution >= 4 is 11.9 Å². The molecule has 0 spiro atoms. The molecule has 4 nitrogen and oxygen atoms in total. The molecule has 74 valence electrons. The summed E-state index contributed by atoms with van der Waals surface area (Å²) < 4.78 is 4.49. The average molecular weight is 185 g/mol. The summed E-state index contributed by atoms with van der Waals surface area (Å²) in [7, 11) is 0. The van der Waals surface area contributed by atoms with E-state index in [-0.39, 0.29) is 6.61 Å². The molecule has 0 aliphatic rings. The third-order valence-electron chi connectivity index (χ3n) is 1.29. The first-order valence-electron chi connectivity index (χ1n) is 4.28. The fraction of sp³-hybridized carbons (Fsp3) is 0.556. The van der Waals surface area contributed by atoms with Crippen molar-refractivity contribution in [3.8, 4) is 0 Å². The van der Waals surface area contributed by atoms with Gasteiger partial charge in [0.2, 0.25) is 0 Å². The SMILES string of the molecule is C/C=C/CCNC(=O)C(=O)OCC. The first kappa shape index (κ1) is 11.7. The number of esters is 1. The Balaban J connectivity index is 3.56. The molecule has 0 saturated heterocycles. The van der Waals surface area contributed by atoms with Crippen molar-refractivity contribution in [2.45, 2.75) is 20.3 Å². The first-order valence-corrected chi connectivity index (χ1v) is 4.28. The minimum atomic E-state index is -0.817. The van der Waals surface area contributed by atoms with E-state index in [1.165, 1.54) is 0 Å². The van der Waals surface area contributed by atoms with Crippen LogP contribution in [0.5, 0.6) is 0 Å². The van der Waals surface area contributed by atoms with Crippen LogP contribution < -0.4 is 5.32 Å². The minimum Gasteiger partial charge on any atom is -0.459 e. The number of hydrogen-bond acceptors (Lipinski definition) is 3. The van der Waals surface area contributed by atoms with E-state index in [0.29, 0.717) is 6.54 Å². The summed E-state index contributed by atoms with van der Waals surface area (Å²) in [5, 5.41) is 2.44. The Labute approximate surface area is 78.0 Å². The molecule has 0 rings (SSSR count). The van der Waals surface area contributed by atoms with E-state index in [2.05, 4.69) is 10.1 Å². The number of nitrogens with one attached hydrogen (secondary N) is 1. The lowest BCUT2D eigenvalue weighted by atomic mass is 10.4. The van der Waals surface area contributed by atoms with Gasteiger partial charge in [0, 0.05) is 6.54 Å². The van der Waals surface area contributed by atoms with Gasteiger partial charge in [-0.15, -0.1) is 0 Å². The fourth-order valence-corrected chi connectivity index (χ4v) is 0.705. The predicted molar refractivity (Wildman–Crippen MR) is 49.1 cm³/mol. The van der Waals surface area contributed by atoms with E-state index in [4.69, 9.17) is 0 Å². The second kappa shape index (κ2) is 7.34. The number of allylic oxidation sites excluding steroid dienone is 1. The zero-order valence-corrected chi connectivity index (χ0v) is 8.00. The van der Waals surface area contributed by atoms with Crippen LogP contribution in [-0.2, 0) is 14.3 Å². The third kappa shape index (κ3) is 5.90. The van der Waals surface area contributed by atoms with Crippen molar-refractivity contribution in [3.63, 3.8) is 0 Å². The third-order valence-corrected chi connectivity index (χ3v) is 1.29. The largest absolute Gasteiger partial charge is 0.459 e. The molecule has 1 N–H and O–H groups in total. The summed E-state index contributed by atoms with van der Waals surface area (Å²) in [6, 6.07) is 0. The highest BCUT2D eigenvalue weighted by molar-refractivity contribution is 6.32. The van der Waals surface area contributed by atoms with Gasteiger partial charge in [-0.3, -0.25) is 4.79 Å². The molecule has 0 aliphatic carbocycles. The van der Waals surface area contributed by atoms with Crippen LogP contribution in [0.1, 0.15) is 20.3 Å². The number of hydrogen-bond donors (Lipinski definition) is 1. The Morgan fingerprint density at radius 3 is 2.69 bits per heavy atom. The monoisotopic (exact) mass is 185 g/mol. The van der Waals surface area contributed by atoms with E-state index in [0.717, 1.165) is 6.42 Å². The summed E-state index contributed by atoms with van der Waals surface area (Å²) in [5.41, 5.74) is 0. The minimum absolute atomic E-state index is 0.223. The molecule has 0 atom stereocenters. The van der Waals surface area contributed by atoms with Crippen LogP contribution in [0.15, 0.2) is 12.2 Å². The quantitative estimate of drug-likeness (QED) is 0.302. The van der Waals surface area contributed by atoms with Crippen molar-refractivity contribution in [1.29, 1.82) is 0 Å². The predicted octanol–water partition coefficient (Wildman–Crippen LogP) is 0.632. The molecule has 0 fully saturated rings. The molecule has 0 bridgehead atoms. The number of rotatable bonds is 4. The summed E-state index contributed by atoms with van der Waals surface area (Å²) in [6.07, 6.45) is 4.52. The first-order chi connectivity index (χ1) is 6.22. The van der Waals surface area contributed by atoms with Gasteiger partial charge in [-0.1, -0.05) is 12.2 Å². The van der Waals surface area contributed by atoms with E-state index in [9.17, 15) is 9.59 Å². The fourth-order valence-electron chi connectivity index (χ4n) is 0.705. The second-order valence-corrected chi connectivity index (χ2v) is 2.33. The number of carbonyl (C=O) groups is 2. The maximum atomic E-state index is 10.9. The van der Waals surface area contributed by atoms with Crippen molar-refractivity contribution < 1.29 is 14.3 Å². The standard InChI is InChI=1S/C9H15NO3/c1-3-5-6-7-10-8(11)9(12)13-4-2/h3,5H,4,6-7H2,1-2H3,(H,10,11)/b5-3+. The Bertz CT molecular complexity index is 199. The van der Waals surface area contributed by atoms with Crippen molar-refractivity contribution in [1.82, 2.24) is 5.32 Å². The van der Waals surface area contributed by atoms with Crippen LogP contribution in [0, 0.1) is 0 Å². The van der Waals surface area contributed by atoms with Crippen LogP contribution >= 0.6 is 0 Å². The van der Waals surface area contributed by atoms with Gasteiger partial charge in [-0.2, -0.15) is 0 Å². The van der Waals surface area contributed by atoms with Gasteiger partial charge in [-0.25, -0.2) is 4.79 Å². The highest BCUT2D eigenvalue weighted by Crippen LogP contribution is 1.82. The molecular weight excluding hydrogens is 170 g/mol. The molecule has 13 heavy (non-hydrogen) atoms. The van der Waals surface area contributed by atoms with Crippen LogP contribution in [0.4, 0.5) is 0 Å².